The zero-order valence-electron chi connectivity index (χ0n) is 10.5. The molecule has 102 valence electrons. The lowest BCUT2D eigenvalue weighted by Crippen LogP contribution is -2.27. The minimum Gasteiger partial charge on any atom is -0.507 e. The van der Waals surface area contributed by atoms with E-state index in [0.717, 1.165) is 6.54 Å². The second-order valence-electron chi connectivity index (χ2n) is 4.77. The van der Waals surface area contributed by atoms with Gasteiger partial charge in [0.2, 0.25) is 5.91 Å². The van der Waals surface area contributed by atoms with E-state index in [9.17, 15) is 14.7 Å². The summed E-state index contributed by atoms with van der Waals surface area (Å²) < 4.78 is 0. The van der Waals surface area contributed by atoms with Crippen LogP contribution in [0.15, 0.2) is 18.2 Å². The van der Waals surface area contributed by atoms with Gasteiger partial charge in [0.15, 0.2) is 0 Å². The number of phenols is 1. The Kier molecular flexibility index (Phi) is 3.71. The van der Waals surface area contributed by atoms with Gasteiger partial charge in [0.05, 0.1) is 5.92 Å². The van der Waals surface area contributed by atoms with Crippen LogP contribution in [0.25, 0.3) is 0 Å². The first kappa shape index (κ1) is 13.4. The molecule has 6 heteroatoms. The Morgan fingerprint density at radius 2 is 2.11 bits per heavy atom. The summed E-state index contributed by atoms with van der Waals surface area (Å²) in [7, 11) is 0. The van der Waals surface area contributed by atoms with Gasteiger partial charge in [-0.1, -0.05) is 6.92 Å². The molecule has 0 saturated carbocycles. The van der Waals surface area contributed by atoms with Crippen LogP contribution in [0, 0.1) is 11.8 Å². The predicted octanol–water partition coefficient (Wildman–Crippen LogP) is 0.884. The summed E-state index contributed by atoms with van der Waals surface area (Å²) in [4.78, 5) is 22.8. The van der Waals surface area contributed by atoms with Crippen molar-refractivity contribution < 1.29 is 19.8 Å². The number of hydrogen-bond acceptors (Lipinski definition) is 4. The van der Waals surface area contributed by atoms with Crippen molar-refractivity contribution in [3.8, 4) is 5.75 Å². The topological polar surface area (TPSA) is 98.7 Å². The number of aromatic hydroxyl groups is 1. The van der Waals surface area contributed by atoms with E-state index >= 15 is 0 Å². The van der Waals surface area contributed by atoms with E-state index in [-0.39, 0.29) is 29.1 Å². The predicted molar refractivity (Wildman–Crippen MR) is 69.2 cm³/mol. The fourth-order valence-corrected chi connectivity index (χ4v) is 2.19. The van der Waals surface area contributed by atoms with Gasteiger partial charge >= 0.3 is 5.97 Å². The molecule has 1 aliphatic heterocycles. The molecule has 1 aliphatic rings. The quantitative estimate of drug-likeness (QED) is 0.649. The van der Waals surface area contributed by atoms with Crippen LogP contribution in [-0.2, 0) is 4.79 Å². The van der Waals surface area contributed by atoms with Gasteiger partial charge in [0.25, 0.3) is 0 Å². The molecule has 1 aromatic carbocycles. The number of carbonyl (C=O) groups excluding carboxylic acids is 1. The summed E-state index contributed by atoms with van der Waals surface area (Å²) in [6, 6.07) is 3.98. The molecule has 0 radical (unpaired) electrons. The number of nitrogens with one attached hydrogen (secondary N) is 2. The Morgan fingerprint density at radius 3 is 2.63 bits per heavy atom. The highest BCUT2D eigenvalue weighted by Gasteiger charge is 2.29. The van der Waals surface area contributed by atoms with Gasteiger partial charge in [-0.2, -0.15) is 0 Å². The molecule has 6 nitrogen and oxygen atoms in total. The molecule has 2 atom stereocenters. The molecule has 0 unspecified atom stereocenters. The summed E-state index contributed by atoms with van der Waals surface area (Å²) in [5, 5.41) is 24.2. The lowest BCUT2D eigenvalue weighted by molar-refractivity contribution is -0.120. The van der Waals surface area contributed by atoms with Crippen molar-refractivity contribution in [2.45, 2.75) is 6.92 Å². The molecule has 0 aromatic heterocycles. The van der Waals surface area contributed by atoms with Gasteiger partial charge in [-0.3, -0.25) is 4.79 Å². The van der Waals surface area contributed by atoms with E-state index in [0.29, 0.717) is 12.2 Å². The molecule has 2 rings (SSSR count). The third kappa shape index (κ3) is 2.85. The van der Waals surface area contributed by atoms with Crippen molar-refractivity contribution >= 4 is 17.6 Å². The van der Waals surface area contributed by atoms with E-state index in [4.69, 9.17) is 5.11 Å². The number of carboxylic acids is 1. The van der Waals surface area contributed by atoms with E-state index in [1.165, 1.54) is 18.2 Å². The van der Waals surface area contributed by atoms with Crippen molar-refractivity contribution in [1.29, 1.82) is 0 Å². The number of hydrogen-bond donors (Lipinski definition) is 4. The Labute approximate surface area is 110 Å². The Hall–Kier alpha value is -2.08. The number of anilines is 1. The van der Waals surface area contributed by atoms with Gasteiger partial charge < -0.3 is 20.8 Å². The molecule has 1 aromatic rings. The van der Waals surface area contributed by atoms with Crippen LogP contribution in [0.2, 0.25) is 0 Å². The highest BCUT2D eigenvalue weighted by atomic mass is 16.4. The Balaban J connectivity index is 2.09. The molecule has 1 saturated heterocycles. The number of carbonyl (C=O) groups is 2. The van der Waals surface area contributed by atoms with Gasteiger partial charge in [0, 0.05) is 18.3 Å². The second kappa shape index (κ2) is 5.27. The average Bonchev–Trinajstić information content (AvgIpc) is 2.75. The molecule has 1 fully saturated rings. The van der Waals surface area contributed by atoms with Crippen LogP contribution in [-0.4, -0.2) is 35.2 Å². The first-order valence-corrected chi connectivity index (χ1v) is 6.07. The van der Waals surface area contributed by atoms with Crippen molar-refractivity contribution in [3.63, 3.8) is 0 Å². The van der Waals surface area contributed by atoms with Crippen LogP contribution < -0.4 is 10.6 Å². The lowest BCUT2D eigenvalue weighted by atomic mass is 9.97. The number of aromatic carboxylic acids is 1. The van der Waals surface area contributed by atoms with Crippen molar-refractivity contribution in [2.75, 3.05) is 18.4 Å². The van der Waals surface area contributed by atoms with Crippen LogP contribution in [0.3, 0.4) is 0 Å². The molecule has 0 spiro atoms. The number of rotatable bonds is 3. The SMILES string of the molecule is C[C@@H]1CNC[C@H]1C(=O)Nc1ccc(C(=O)O)c(O)c1. The maximum absolute atomic E-state index is 12.0. The zero-order valence-corrected chi connectivity index (χ0v) is 10.5. The zero-order chi connectivity index (χ0) is 14.0. The van der Waals surface area contributed by atoms with Crippen LogP contribution >= 0.6 is 0 Å². The standard InChI is InChI=1S/C13H16N2O4/c1-7-5-14-6-10(7)12(17)15-8-2-3-9(13(18)19)11(16)4-8/h2-4,7,10,14,16H,5-6H2,1H3,(H,15,17)(H,18,19)/t7-,10-/m1/s1. The maximum atomic E-state index is 12.0. The van der Waals surface area contributed by atoms with Gasteiger partial charge in [-0.25, -0.2) is 4.79 Å². The summed E-state index contributed by atoms with van der Waals surface area (Å²) in [6.45, 7) is 3.43. The van der Waals surface area contributed by atoms with Crippen LogP contribution in [0.5, 0.6) is 5.75 Å². The molecule has 1 amide bonds. The first-order chi connectivity index (χ1) is 8.99. The number of carboxylic acid groups (broad SMARTS) is 1. The van der Waals surface area contributed by atoms with E-state index in [1.807, 2.05) is 6.92 Å². The summed E-state index contributed by atoms with van der Waals surface area (Å²) >= 11 is 0. The summed E-state index contributed by atoms with van der Waals surface area (Å²) in [5.74, 6) is -1.54. The lowest BCUT2D eigenvalue weighted by Gasteiger charge is -2.14. The van der Waals surface area contributed by atoms with Crippen molar-refractivity contribution in [1.82, 2.24) is 5.32 Å². The molecule has 0 aliphatic carbocycles. The molecular weight excluding hydrogens is 248 g/mol. The van der Waals surface area contributed by atoms with E-state index < -0.39 is 5.97 Å². The van der Waals surface area contributed by atoms with Crippen molar-refractivity contribution in [3.05, 3.63) is 23.8 Å². The van der Waals surface area contributed by atoms with Gasteiger partial charge in [0.1, 0.15) is 11.3 Å². The largest absolute Gasteiger partial charge is 0.507 e. The van der Waals surface area contributed by atoms with Crippen molar-refractivity contribution in [2.24, 2.45) is 11.8 Å². The number of amides is 1. The van der Waals surface area contributed by atoms with E-state index in [1.54, 1.807) is 0 Å². The third-order valence-corrected chi connectivity index (χ3v) is 3.35. The molecule has 0 bridgehead atoms. The maximum Gasteiger partial charge on any atom is 0.339 e. The number of benzene rings is 1. The minimum atomic E-state index is -1.20. The Bertz CT molecular complexity index is 515. The molecule has 19 heavy (non-hydrogen) atoms. The smallest absolute Gasteiger partial charge is 0.339 e. The van der Waals surface area contributed by atoms with Crippen LogP contribution in [0.4, 0.5) is 5.69 Å². The normalized spacial score (nSPS) is 22.2. The molecule has 1 heterocycles. The fraction of sp³-hybridized carbons (Fsp3) is 0.385. The Morgan fingerprint density at radius 1 is 1.37 bits per heavy atom. The van der Waals surface area contributed by atoms with Crippen LogP contribution in [0.1, 0.15) is 17.3 Å². The minimum absolute atomic E-state index is 0.110. The molecule has 4 N–H and O–H groups in total. The monoisotopic (exact) mass is 264 g/mol. The highest BCUT2D eigenvalue weighted by Crippen LogP contribution is 2.24. The van der Waals surface area contributed by atoms with Gasteiger partial charge in [-0.15, -0.1) is 0 Å². The highest BCUT2D eigenvalue weighted by molar-refractivity contribution is 5.95. The average molecular weight is 264 g/mol. The fourth-order valence-electron chi connectivity index (χ4n) is 2.19. The van der Waals surface area contributed by atoms with E-state index in [2.05, 4.69) is 10.6 Å². The van der Waals surface area contributed by atoms with Gasteiger partial charge in [-0.05, 0) is 24.6 Å². The first-order valence-electron chi connectivity index (χ1n) is 6.07. The summed E-state index contributed by atoms with van der Waals surface area (Å²) in [6.07, 6.45) is 0. The summed E-state index contributed by atoms with van der Waals surface area (Å²) in [5.41, 5.74) is 0.209. The third-order valence-electron chi connectivity index (χ3n) is 3.35. The molecular formula is C13H16N2O4. The second-order valence-corrected chi connectivity index (χ2v) is 4.77.